The SMILES string of the molecule is CC[C@H]1CNCCc2cc(Cl)c(Cl)cc21. The first-order valence-electron chi connectivity index (χ1n) is 5.41. The fourth-order valence-electron chi connectivity index (χ4n) is 2.17. The van der Waals surface area contributed by atoms with Crippen molar-refractivity contribution in [2.45, 2.75) is 25.7 Å². The van der Waals surface area contributed by atoms with E-state index in [0.29, 0.717) is 16.0 Å². The number of fused-ring (bicyclic) bond motifs is 1. The first-order valence-corrected chi connectivity index (χ1v) is 6.16. The zero-order valence-electron chi connectivity index (χ0n) is 8.82. The first kappa shape index (κ1) is 11.3. The first-order chi connectivity index (χ1) is 7.22. The van der Waals surface area contributed by atoms with Gasteiger partial charge in [0.05, 0.1) is 10.0 Å². The Bertz CT molecular complexity index is 363. The summed E-state index contributed by atoms with van der Waals surface area (Å²) in [5.74, 6) is 0.567. The standard InChI is InChI=1S/C12H15Cl2N/c1-2-8-7-15-4-3-9-5-11(13)12(14)6-10(8)9/h5-6,8,15H,2-4,7H2,1H3/t8-/m0/s1. The molecule has 0 saturated heterocycles. The molecule has 1 nitrogen and oxygen atoms in total. The average Bonchev–Trinajstić information content (AvgIpc) is 2.41. The van der Waals surface area contributed by atoms with Crippen LogP contribution in [-0.4, -0.2) is 13.1 Å². The topological polar surface area (TPSA) is 12.0 Å². The molecule has 0 unspecified atom stereocenters. The van der Waals surface area contributed by atoms with E-state index in [1.807, 2.05) is 12.1 Å². The lowest BCUT2D eigenvalue weighted by atomic mass is 9.92. The van der Waals surface area contributed by atoms with Gasteiger partial charge in [0.1, 0.15) is 0 Å². The smallest absolute Gasteiger partial charge is 0.0595 e. The fourth-order valence-corrected chi connectivity index (χ4v) is 2.53. The van der Waals surface area contributed by atoms with Crippen LogP contribution in [0.4, 0.5) is 0 Å². The van der Waals surface area contributed by atoms with E-state index in [2.05, 4.69) is 12.2 Å². The lowest BCUT2D eigenvalue weighted by Crippen LogP contribution is -2.19. The van der Waals surface area contributed by atoms with Crippen LogP contribution >= 0.6 is 23.2 Å². The van der Waals surface area contributed by atoms with Crippen LogP contribution in [-0.2, 0) is 6.42 Å². The maximum atomic E-state index is 6.07. The van der Waals surface area contributed by atoms with Gasteiger partial charge in [-0.3, -0.25) is 0 Å². The van der Waals surface area contributed by atoms with Crippen LogP contribution in [0.5, 0.6) is 0 Å². The van der Waals surface area contributed by atoms with E-state index >= 15 is 0 Å². The van der Waals surface area contributed by atoms with E-state index in [9.17, 15) is 0 Å². The van der Waals surface area contributed by atoms with Crippen LogP contribution in [0.15, 0.2) is 12.1 Å². The monoisotopic (exact) mass is 243 g/mol. The molecule has 0 aliphatic carbocycles. The molecule has 3 heteroatoms. The fraction of sp³-hybridized carbons (Fsp3) is 0.500. The molecule has 1 aromatic rings. The molecule has 0 radical (unpaired) electrons. The molecule has 1 aromatic carbocycles. The van der Waals surface area contributed by atoms with Gasteiger partial charge in [0.2, 0.25) is 0 Å². The van der Waals surface area contributed by atoms with Crippen molar-refractivity contribution in [3.63, 3.8) is 0 Å². The second-order valence-electron chi connectivity index (χ2n) is 4.02. The lowest BCUT2D eigenvalue weighted by molar-refractivity contribution is 0.595. The van der Waals surface area contributed by atoms with Gasteiger partial charge in [0.15, 0.2) is 0 Å². The Labute approximate surface area is 101 Å². The predicted octanol–water partition coefficient (Wildman–Crippen LogP) is 3.63. The Kier molecular flexibility index (Phi) is 3.55. The predicted molar refractivity (Wildman–Crippen MR) is 66.1 cm³/mol. The number of hydrogen-bond donors (Lipinski definition) is 1. The quantitative estimate of drug-likeness (QED) is 0.795. The third-order valence-electron chi connectivity index (χ3n) is 3.08. The number of halogens is 2. The van der Waals surface area contributed by atoms with E-state index in [4.69, 9.17) is 23.2 Å². The molecule has 82 valence electrons. The molecule has 0 fully saturated rings. The maximum absolute atomic E-state index is 6.07. The van der Waals surface area contributed by atoms with Crippen LogP contribution in [0.25, 0.3) is 0 Å². The van der Waals surface area contributed by atoms with Crippen molar-refractivity contribution in [3.05, 3.63) is 33.3 Å². The Morgan fingerprint density at radius 2 is 2.07 bits per heavy atom. The van der Waals surface area contributed by atoms with Crippen LogP contribution < -0.4 is 5.32 Å². The van der Waals surface area contributed by atoms with E-state index < -0.39 is 0 Å². The molecule has 2 rings (SSSR count). The molecule has 1 aliphatic heterocycles. The van der Waals surface area contributed by atoms with Gasteiger partial charge in [-0.2, -0.15) is 0 Å². The van der Waals surface area contributed by atoms with Crippen molar-refractivity contribution in [3.8, 4) is 0 Å². The van der Waals surface area contributed by atoms with Crippen molar-refractivity contribution in [1.29, 1.82) is 0 Å². The summed E-state index contributed by atoms with van der Waals surface area (Å²) in [6.07, 6.45) is 2.18. The summed E-state index contributed by atoms with van der Waals surface area (Å²) in [4.78, 5) is 0. The minimum absolute atomic E-state index is 0.567. The summed E-state index contributed by atoms with van der Waals surface area (Å²) in [6.45, 7) is 4.28. The third-order valence-corrected chi connectivity index (χ3v) is 3.80. The Morgan fingerprint density at radius 1 is 1.33 bits per heavy atom. The highest BCUT2D eigenvalue weighted by Crippen LogP contribution is 2.32. The Morgan fingerprint density at radius 3 is 2.80 bits per heavy atom. The molecule has 0 bridgehead atoms. The Hall–Kier alpha value is -0.240. The van der Waals surface area contributed by atoms with E-state index in [1.165, 1.54) is 11.1 Å². The molecular formula is C12H15Cl2N. The minimum Gasteiger partial charge on any atom is -0.316 e. The molecule has 0 amide bonds. The van der Waals surface area contributed by atoms with Gasteiger partial charge >= 0.3 is 0 Å². The minimum atomic E-state index is 0.567. The van der Waals surface area contributed by atoms with Gasteiger partial charge in [-0.25, -0.2) is 0 Å². The number of hydrogen-bond acceptors (Lipinski definition) is 1. The highest BCUT2D eigenvalue weighted by atomic mass is 35.5. The zero-order chi connectivity index (χ0) is 10.8. The lowest BCUT2D eigenvalue weighted by Gasteiger charge is -2.16. The molecule has 1 aliphatic rings. The van der Waals surface area contributed by atoms with Crippen molar-refractivity contribution in [2.24, 2.45) is 0 Å². The van der Waals surface area contributed by atoms with Gasteiger partial charge in [-0.15, -0.1) is 0 Å². The van der Waals surface area contributed by atoms with Crippen molar-refractivity contribution in [1.82, 2.24) is 5.32 Å². The average molecular weight is 244 g/mol. The molecule has 1 heterocycles. The highest BCUT2D eigenvalue weighted by molar-refractivity contribution is 6.42. The zero-order valence-corrected chi connectivity index (χ0v) is 10.3. The molecule has 0 saturated carbocycles. The summed E-state index contributed by atoms with van der Waals surface area (Å²) in [7, 11) is 0. The van der Waals surface area contributed by atoms with Gasteiger partial charge in [-0.05, 0) is 48.6 Å². The van der Waals surface area contributed by atoms with Crippen LogP contribution in [0.2, 0.25) is 10.0 Å². The van der Waals surface area contributed by atoms with Gasteiger partial charge < -0.3 is 5.32 Å². The van der Waals surface area contributed by atoms with Gasteiger partial charge in [0, 0.05) is 6.54 Å². The molecular weight excluding hydrogens is 229 g/mol. The van der Waals surface area contributed by atoms with E-state index in [1.54, 1.807) is 0 Å². The van der Waals surface area contributed by atoms with Crippen LogP contribution in [0, 0.1) is 0 Å². The molecule has 0 aromatic heterocycles. The highest BCUT2D eigenvalue weighted by Gasteiger charge is 2.18. The summed E-state index contributed by atoms with van der Waals surface area (Å²) >= 11 is 12.1. The largest absolute Gasteiger partial charge is 0.316 e. The van der Waals surface area contributed by atoms with E-state index in [-0.39, 0.29) is 0 Å². The second kappa shape index (κ2) is 4.73. The van der Waals surface area contributed by atoms with Crippen LogP contribution in [0.1, 0.15) is 30.4 Å². The number of benzene rings is 1. The van der Waals surface area contributed by atoms with E-state index in [0.717, 1.165) is 25.9 Å². The third kappa shape index (κ3) is 2.30. The summed E-state index contributed by atoms with van der Waals surface area (Å²) in [5.41, 5.74) is 2.72. The summed E-state index contributed by atoms with van der Waals surface area (Å²) in [6, 6.07) is 4.06. The number of nitrogens with one attached hydrogen (secondary N) is 1. The van der Waals surface area contributed by atoms with Crippen molar-refractivity contribution in [2.75, 3.05) is 13.1 Å². The van der Waals surface area contributed by atoms with Crippen LogP contribution in [0.3, 0.4) is 0 Å². The summed E-state index contributed by atoms with van der Waals surface area (Å²) < 4.78 is 0. The van der Waals surface area contributed by atoms with Crippen molar-refractivity contribution < 1.29 is 0 Å². The number of rotatable bonds is 1. The summed E-state index contributed by atoms with van der Waals surface area (Å²) in [5, 5.41) is 4.80. The molecule has 1 N–H and O–H groups in total. The van der Waals surface area contributed by atoms with Crippen molar-refractivity contribution >= 4 is 23.2 Å². The normalized spacial score (nSPS) is 20.9. The molecule has 1 atom stereocenters. The molecule has 15 heavy (non-hydrogen) atoms. The Balaban J connectivity index is 2.46. The maximum Gasteiger partial charge on any atom is 0.0595 e. The molecule has 0 spiro atoms. The van der Waals surface area contributed by atoms with Gasteiger partial charge in [-0.1, -0.05) is 30.1 Å². The van der Waals surface area contributed by atoms with Gasteiger partial charge in [0.25, 0.3) is 0 Å². The second-order valence-corrected chi connectivity index (χ2v) is 4.84.